The first-order valence-corrected chi connectivity index (χ1v) is 5.32. The lowest BCUT2D eigenvalue weighted by Crippen LogP contribution is -2.33. The van der Waals surface area contributed by atoms with Gasteiger partial charge in [-0.1, -0.05) is 18.2 Å². The molecule has 2 atom stereocenters. The van der Waals surface area contributed by atoms with Gasteiger partial charge in [-0.05, 0) is 17.5 Å². The number of amides is 1. The molecule has 1 amide bonds. The van der Waals surface area contributed by atoms with Crippen molar-refractivity contribution in [3.63, 3.8) is 0 Å². The Kier molecular flexibility index (Phi) is 2.95. The summed E-state index contributed by atoms with van der Waals surface area (Å²) >= 11 is 0. The molecule has 90 valence electrons. The van der Waals surface area contributed by atoms with Crippen LogP contribution in [0.1, 0.15) is 34.0 Å². The molecule has 1 aliphatic carbocycles. The Morgan fingerprint density at radius 2 is 2.00 bits per heavy atom. The Morgan fingerprint density at radius 3 is 2.65 bits per heavy atom. The van der Waals surface area contributed by atoms with Gasteiger partial charge in [0.2, 0.25) is 5.91 Å². The number of nitrogens with two attached hydrogens (primary N) is 1. The van der Waals surface area contributed by atoms with E-state index in [1.165, 1.54) is 6.07 Å². The van der Waals surface area contributed by atoms with Gasteiger partial charge in [0.25, 0.3) is 0 Å². The number of rotatable bonds is 3. The van der Waals surface area contributed by atoms with Crippen molar-refractivity contribution in [1.82, 2.24) is 0 Å². The number of hydrogen-bond acceptors (Lipinski definition) is 4. The predicted octanol–water partition coefficient (Wildman–Crippen LogP) is -0.305. The summed E-state index contributed by atoms with van der Waals surface area (Å²) in [5.74, 6) is -0.898. The van der Waals surface area contributed by atoms with Crippen LogP contribution >= 0.6 is 0 Å². The van der Waals surface area contributed by atoms with E-state index in [9.17, 15) is 19.8 Å². The van der Waals surface area contributed by atoms with Crippen molar-refractivity contribution in [3.05, 3.63) is 34.9 Å². The maximum absolute atomic E-state index is 11.4. The number of fused-ring (bicyclic) bond motifs is 1. The van der Waals surface area contributed by atoms with E-state index in [1.807, 2.05) is 0 Å². The molecule has 5 heteroatoms. The zero-order chi connectivity index (χ0) is 12.6. The van der Waals surface area contributed by atoms with E-state index in [0.717, 1.165) is 5.56 Å². The first-order chi connectivity index (χ1) is 8.00. The lowest BCUT2D eigenvalue weighted by atomic mass is 9.99. The summed E-state index contributed by atoms with van der Waals surface area (Å²) in [6.07, 6.45) is -1.90. The predicted molar refractivity (Wildman–Crippen MR) is 59.3 cm³/mol. The van der Waals surface area contributed by atoms with E-state index >= 15 is 0 Å². The fourth-order valence-corrected chi connectivity index (χ4v) is 2.00. The summed E-state index contributed by atoms with van der Waals surface area (Å²) in [6, 6.07) is 4.77. The second-order valence-corrected chi connectivity index (χ2v) is 4.13. The Bertz CT molecular complexity index is 483. The molecule has 1 aromatic rings. The van der Waals surface area contributed by atoms with Gasteiger partial charge < -0.3 is 15.9 Å². The summed E-state index contributed by atoms with van der Waals surface area (Å²) < 4.78 is 0. The topological polar surface area (TPSA) is 101 Å². The van der Waals surface area contributed by atoms with Crippen LogP contribution in [0.25, 0.3) is 0 Å². The maximum Gasteiger partial charge on any atom is 0.249 e. The molecule has 2 rings (SSSR count). The average Bonchev–Trinajstić information content (AvgIpc) is 2.68. The van der Waals surface area contributed by atoms with Crippen LogP contribution in [0.3, 0.4) is 0 Å². The largest absolute Gasteiger partial charge is 0.385 e. The molecule has 0 saturated heterocycles. The van der Waals surface area contributed by atoms with Crippen molar-refractivity contribution in [2.45, 2.75) is 25.0 Å². The summed E-state index contributed by atoms with van der Waals surface area (Å²) in [4.78, 5) is 22.2. The van der Waals surface area contributed by atoms with Gasteiger partial charge in [-0.25, -0.2) is 0 Å². The molecular formula is C12H13NO4. The third-order valence-electron chi connectivity index (χ3n) is 2.98. The van der Waals surface area contributed by atoms with Gasteiger partial charge in [-0.3, -0.25) is 9.59 Å². The zero-order valence-electron chi connectivity index (χ0n) is 9.09. The number of benzene rings is 1. The number of hydrogen-bond donors (Lipinski definition) is 3. The number of primary amides is 1. The first-order valence-electron chi connectivity index (χ1n) is 5.32. The minimum atomic E-state index is -1.63. The van der Waals surface area contributed by atoms with Gasteiger partial charge in [-0.2, -0.15) is 0 Å². The molecule has 1 aliphatic rings. The van der Waals surface area contributed by atoms with E-state index in [1.54, 1.807) is 12.1 Å². The van der Waals surface area contributed by atoms with E-state index < -0.39 is 18.1 Å². The molecular weight excluding hydrogens is 222 g/mol. The van der Waals surface area contributed by atoms with Gasteiger partial charge >= 0.3 is 0 Å². The third kappa shape index (κ3) is 2.07. The Morgan fingerprint density at radius 1 is 1.29 bits per heavy atom. The number of carbonyl (C=O) groups excluding carboxylic acids is 2. The first kappa shape index (κ1) is 11.8. The molecule has 17 heavy (non-hydrogen) atoms. The van der Waals surface area contributed by atoms with Gasteiger partial charge in [0.15, 0.2) is 11.9 Å². The average molecular weight is 235 g/mol. The highest BCUT2D eigenvalue weighted by molar-refractivity contribution is 6.00. The van der Waals surface area contributed by atoms with Crippen LogP contribution in [0.15, 0.2) is 18.2 Å². The van der Waals surface area contributed by atoms with Gasteiger partial charge in [0.05, 0.1) is 0 Å². The SMILES string of the molecule is NC(=O)C(O)C(O)c1ccc2c(c1)CCC2=O. The smallest absolute Gasteiger partial charge is 0.249 e. The van der Waals surface area contributed by atoms with Gasteiger partial charge in [-0.15, -0.1) is 0 Å². The number of aliphatic hydroxyl groups excluding tert-OH is 2. The number of carbonyl (C=O) groups is 2. The minimum absolute atomic E-state index is 0.0801. The van der Waals surface area contributed by atoms with Crippen LogP contribution in [-0.2, 0) is 11.2 Å². The van der Waals surface area contributed by atoms with Crippen molar-refractivity contribution < 1.29 is 19.8 Å². The number of Topliss-reactive ketones (excluding diaryl/α,β-unsaturated/α-hetero) is 1. The van der Waals surface area contributed by atoms with E-state index in [2.05, 4.69) is 0 Å². The van der Waals surface area contributed by atoms with Crippen LogP contribution in [0.2, 0.25) is 0 Å². The molecule has 0 fully saturated rings. The normalized spacial score (nSPS) is 17.6. The van der Waals surface area contributed by atoms with Crippen LogP contribution < -0.4 is 5.73 Å². The second kappa shape index (κ2) is 4.27. The minimum Gasteiger partial charge on any atom is -0.385 e. The fourth-order valence-electron chi connectivity index (χ4n) is 2.00. The maximum atomic E-state index is 11.4. The highest BCUT2D eigenvalue weighted by Crippen LogP contribution is 2.26. The molecule has 0 heterocycles. The standard InChI is InChI=1S/C12H13NO4/c13-12(17)11(16)10(15)7-1-3-8-6(5-7)2-4-9(8)14/h1,3,5,10-11,15-16H,2,4H2,(H2,13,17). The molecule has 2 unspecified atom stereocenters. The molecule has 0 spiro atoms. The lowest BCUT2D eigenvalue weighted by Gasteiger charge is -2.15. The molecule has 0 saturated carbocycles. The Balaban J connectivity index is 2.29. The molecule has 5 nitrogen and oxygen atoms in total. The summed E-state index contributed by atoms with van der Waals surface area (Å²) in [5, 5.41) is 19.1. The van der Waals surface area contributed by atoms with E-state index in [-0.39, 0.29) is 5.78 Å². The second-order valence-electron chi connectivity index (χ2n) is 4.13. The van der Waals surface area contributed by atoms with Crippen LogP contribution in [0, 0.1) is 0 Å². The molecule has 0 aromatic heterocycles. The van der Waals surface area contributed by atoms with Gasteiger partial charge in [0.1, 0.15) is 6.10 Å². The number of aliphatic hydroxyl groups is 2. The Hall–Kier alpha value is -1.72. The molecule has 0 radical (unpaired) electrons. The quantitative estimate of drug-likeness (QED) is 0.669. The van der Waals surface area contributed by atoms with Crippen molar-refractivity contribution in [2.24, 2.45) is 5.73 Å². The summed E-state index contributed by atoms with van der Waals surface area (Å²) in [7, 11) is 0. The van der Waals surface area contributed by atoms with Crippen molar-refractivity contribution in [1.29, 1.82) is 0 Å². The van der Waals surface area contributed by atoms with Gasteiger partial charge in [0, 0.05) is 12.0 Å². The fraction of sp³-hybridized carbons (Fsp3) is 0.333. The van der Waals surface area contributed by atoms with Crippen molar-refractivity contribution >= 4 is 11.7 Å². The highest BCUT2D eigenvalue weighted by atomic mass is 16.3. The molecule has 1 aromatic carbocycles. The summed E-state index contributed by atoms with van der Waals surface area (Å²) in [6.45, 7) is 0. The number of ketones is 1. The zero-order valence-corrected chi connectivity index (χ0v) is 9.09. The lowest BCUT2D eigenvalue weighted by molar-refractivity contribution is -0.131. The summed E-state index contributed by atoms with van der Waals surface area (Å²) in [5.41, 5.74) is 6.78. The third-order valence-corrected chi connectivity index (χ3v) is 2.98. The van der Waals surface area contributed by atoms with Crippen LogP contribution in [-0.4, -0.2) is 28.0 Å². The molecule has 0 bridgehead atoms. The van der Waals surface area contributed by atoms with Crippen molar-refractivity contribution in [2.75, 3.05) is 0 Å². The number of aryl methyl sites for hydroxylation is 1. The van der Waals surface area contributed by atoms with Crippen molar-refractivity contribution in [3.8, 4) is 0 Å². The molecule has 0 aliphatic heterocycles. The van der Waals surface area contributed by atoms with E-state index in [4.69, 9.17) is 5.73 Å². The molecule has 4 N–H and O–H groups in total. The highest BCUT2D eigenvalue weighted by Gasteiger charge is 2.26. The monoisotopic (exact) mass is 235 g/mol. The van der Waals surface area contributed by atoms with Crippen LogP contribution in [0.4, 0.5) is 0 Å². The van der Waals surface area contributed by atoms with E-state index in [0.29, 0.717) is 24.0 Å². The van der Waals surface area contributed by atoms with Crippen LogP contribution in [0.5, 0.6) is 0 Å². The Labute approximate surface area is 97.9 Å².